The van der Waals surface area contributed by atoms with E-state index in [1.165, 1.54) is 19.4 Å². The average molecular weight is 390 g/mol. The summed E-state index contributed by atoms with van der Waals surface area (Å²) in [4.78, 5) is 26.7. The molecule has 1 N–H and O–H groups in total. The lowest BCUT2D eigenvalue weighted by Gasteiger charge is -2.37. The number of amides is 1. The lowest BCUT2D eigenvalue weighted by molar-refractivity contribution is 0.0678. The van der Waals surface area contributed by atoms with Gasteiger partial charge in [0.2, 0.25) is 11.8 Å². The highest BCUT2D eigenvalue weighted by molar-refractivity contribution is 6.08. The van der Waals surface area contributed by atoms with E-state index in [1.54, 1.807) is 22.0 Å². The van der Waals surface area contributed by atoms with Crippen LogP contribution in [0.25, 0.3) is 0 Å². The zero-order chi connectivity index (χ0) is 19.7. The Morgan fingerprint density at radius 3 is 2.96 bits per heavy atom. The lowest BCUT2D eigenvalue weighted by Crippen LogP contribution is -2.47. The Hall–Kier alpha value is -2.88. The van der Waals surface area contributed by atoms with Crippen LogP contribution in [0.3, 0.4) is 0 Å². The molecule has 0 unspecified atom stereocenters. The maximum Gasteiger partial charge on any atom is 0.280 e. The van der Waals surface area contributed by atoms with Crippen molar-refractivity contribution in [3.63, 3.8) is 0 Å². The molecule has 4 rings (SSSR count). The zero-order valence-corrected chi connectivity index (χ0v) is 15.3. The number of alkyl halides is 2. The molecule has 3 aliphatic heterocycles. The standard InChI is InChI=1S/C18H20F2N6O2/c1-28-15-5-4-11(8-21-15)17(27)25-6-2-3-12(9-25)14-7-13(16(19)20)24-18-22-10-23-26(14)18/h4-5,7-8,12,16,23H,2-3,6,9-10H2,1H3/t12-/m0/s1. The van der Waals surface area contributed by atoms with Crippen LogP contribution >= 0.6 is 0 Å². The van der Waals surface area contributed by atoms with Gasteiger partial charge in [-0.3, -0.25) is 4.79 Å². The third kappa shape index (κ3) is 3.47. The van der Waals surface area contributed by atoms with Crippen LogP contribution in [-0.4, -0.2) is 65.8 Å². The molecule has 0 saturated carbocycles. The van der Waals surface area contributed by atoms with Gasteiger partial charge >= 0.3 is 0 Å². The number of ether oxygens (including phenoxy) is 1. The second-order valence-electron chi connectivity index (χ2n) is 6.70. The minimum atomic E-state index is -2.67. The fourth-order valence-electron chi connectivity index (χ4n) is 3.60. The molecule has 1 saturated heterocycles. The van der Waals surface area contributed by atoms with Gasteiger partial charge in [0.1, 0.15) is 12.4 Å². The Morgan fingerprint density at radius 1 is 1.39 bits per heavy atom. The first kappa shape index (κ1) is 18.5. The van der Waals surface area contributed by atoms with E-state index in [1.807, 2.05) is 0 Å². The number of piperidine rings is 1. The number of aliphatic imine (C=N–C) groups is 2. The molecule has 28 heavy (non-hydrogen) atoms. The minimum Gasteiger partial charge on any atom is -0.481 e. The molecule has 0 aliphatic carbocycles. The van der Waals surface area contributed by atoms with Crippen molar-refractivity contribution < 1.29 is 18.3 Å². The van der Waals surface area contributed by atoms with E-state index in [-0.39, 0.29) is 23.5 Å². The van der Waals surface area contributed by atoms with E-state index < -0.39 is 6.43 Å². The maximum atomic E-state index is 13.3. The summed E-state index contributed by atoms with van der Waals surface area (Å²) in [5, 5.41) is 1.65. The van der Waals surface area contributed by atoms with E-state index in [2.05, 4.69) is 20.4 Å². The number of nitrogens with zero attached hydrogens (tertiary/aromatic N) is 5. The van der Waals surface area contributed by atoms with Gasteiger partial charge in [-0.2, -0.15) is 0 Å². The summed E-state index contributed by atoms with van der Waals surface area (Å²) in [5.74, 6) is 0.452. The fraction of sp³-hybridized carbons (Fsp3) is 0.444. The first-order valence-electron chi connectivity index (χ1n) is 9.02. The summed E-state index contributed by atoms with van der Waals surface area (Å²) in [7, 11) is 1.51. The molecule has 1 aromatic heterocycles. The van der Waals surface area contributed by atoms with Crippen LogP contribution in [0.15, 0.2) is 40.1 Å². The number of hydrogen-bond donors (Lipinski definition) is 1. The highest BCUT2D eigenvalue weighted by atomic mass is 19.3. The monoisotopic (exact) mass is 390 g/mol. The molecule has 10 heteroatoms. The van der Waals surface area contributed by atoms with Crippen molar-refractivity contribution in [3.05, 3.63) is 35.7 Å². The Kier molecular flexibility index (Phi) is 5.03. The van der Waals surface area contributed by atoms with Crippen molar-refractivity contribution in [2.75, 3.05) is 26.9 Å². The molecule has 1 fully saturated rings. The number of pyridine rings is 1. The van der Waals surface area contributed by atoms with E-state index in [0.717, 1.165) is 12.8 Å². The number of carbonyl (C=O) groups is 1. The lowest BCUT2D eigenvalue weighted by atomic mass is 9.92. The molecule has 0 spiro atoms. The topological polar surface area (TPSA) is 82.4 Å². The molecular formula is C18H20F2N6O2. The molecule has 8 nitrogen and oxygen atoms in total. The predicted molar refractivity (Wildman–Crippen MR) is 98.2 cm³/mol. The van der Waals surface area contributed by atoms with Gasteiger partial charge in [-0.1, -0.05) is 0 Å². The average Bonchev–Trinajstić information content (AvgIpc) is 3.21. The van der Waals surface area contributed by atoms with Gasteiger partial charge in [-0.05, 0) is 25.0 Å². The predicted octanol–water partition coefficient (Wildman–Crippen LogP) is 1.68. The number of carbonyl (C=O) groups excluding carboxylic acids is 1. The van der Waals surface area contributed by atoms with Crippen LogP contribution in [0.2, 0.25) is 0 Å². The molecular weight excluding hydrogens is 370 g/mol. The number of guanidine groups is 1. The first-order valence-corrected chi connectivity index (χ1v) is 9.02. The van der Waals surface area contributed by atoms with Gasteiger partial charge in [0.15, 0.2) is 0 Å². The number of hydrogen-bond acceptors (Lipinski definition) is 7. The van der Waals surface area contributed by atoms with E-state index >= 15 is 0 Å². The van der Waals surface area contributed by atoms with Crippen molar-refractivity contribution in [1.29, 1.82) is 0 Å². The van der Waals surface area contributed by atoms with Crippen LogP contribution in [0.5, 0.6) is 5.88 Å². The number of likely N-dealkylation sites (tertiary alicyclic amines) is 1. The third-order valence-electron chi connectivity index (χ3n) is 4.98. The molecule has 1 aromatic rings. The minimum absolute atomic E-state index is 0.0936. The molecule has 3 aliphatic rings. The second kappa shape index (κ2) is 7.63. The second-order valence-corrected chi connectivity index (χ2v) is 6.70. The molecule has 0 aromatic carbocycles. The SMILES string of the molecule is COc1ccc(C(=O)N2CCC[C@H](C3=CC(C(F)F)=NC4=NCNN34)C2)cn1. The fourth-order valence-corrected chi connectivity index (χ4v) is 3.60. The molecule has 148 valence electrons. The number of hydrazine groups is 1. The maximum absolute atomic E-state index is 13.3. The van der Waals surface area contributed by atoms with Gasteiger partial charge in [0.05, 0.1) is 12.7 Å². The molecule has 4 heterocycles. The first-order chi connectivity index (χ1) is 13.6. The van der Waals surface area contributed by atoms with Gasteiger partial charge in [-0.25, -0.2) is 34.2 Å². The van der Waals surface area contributed by atoms with E-state index in [9.17, 15) is 13.6 Å². The summed E-state index contributed by atoms with van der Waals surface area (Å²) < 4.78 is 31.5. The van der Waals surface area contributed by atoms with Crippen molar-refractivity contribution in [2.24, 2.45) is 15.9 Å². The van der Waals surface area contributed by atoms with Gasteiger partial charge in [0, 0.05) is 37.0 Å². The summed E-state index contributed by atoms with van der Waals surface area (Å²) in [6, 6.07) is 3.31. The van der Waals surface area contributed by atoms with Crippen LogP contribution in [0.4, 0.5) is 8.78 Å². The third-order valence-corrected chi connectivity index (χ3v) is 4.98. The molecule has 0 radical (unpaired) electrons. The molecule has 1 amide bonds. The van der Waals surface area contributed by atoms with Crippen molar-refractivity contribution in [2.45, 2.75) is 19.3 Å². The Balaban J connectivity index is 1.53. The van der Waals surface area contributed by atoms with Gasteiger partial charge in [-0.15, -0.1) is 0 Å². The highest BCUT2D eigenvalue weighted by Gasteiger charge is 2.35. The Morgan fingerprint density at radius 2 is 2.25 bits per heavy atom. The van der Waals surface area contributed by atoms with Crippen molar-refractivity contribution in [1.82, 2.24) is 20.3 Å². The normalized spacial score (nSPS) is 21.9. The number of nitrogens with one attached hydrogen (secondary N) is 1. The molecule has 0 bridgehead atoms. The number of allylic oxidation sites excluding steroid dienone is 1. The largest absolute Gasteiger partial charge is 0.481 e. The zero-order valence-electron chi connectivity index (χ0n) is 15.3. The Bertz CT molecular complexity index is 852. The van der Waals surface area contributed by atoms with E-state index in [4.69, 9.17) is 4.74 Å². The Labute approximate surface area is 160 Å². The van der Waals surface area contributed by atoms with Gasteiger partial charge < -0.3 is 9.64 Å². The summed E-state index contributed by atoms with van der Waals surface area (Å²) in [6.07, 6.45) is 1.79. The number of rotatable bonds is 4. The number of fused-ring (bicyclic) bond motifs is 1. The quantitative estimate of drug-likeness (QED) is 0.846. The summed E-state index contributed by atoms with van der Waals surface area (Å²) >= 11 is 0. The summed E-state index contributed by atoms with van der Waals surface area (Å²) in [6.45, 7) is 1.33. The summed E-state index contributed by atoms with van der Waals surface area (Å²) in [5.41, 5.74) is 3.88. The number of halogens is 2. The number of aromatic nitrogens is 1. The van der Waals surface area contributed by atoms with Crippen LogP contribution in [0.1, 0.15) is 23.2 Å². The highest BCUT2D eigenvalue weighted by Crippen LogP contribution is 2.30. The van der Waals surface area contributed by atoms with Crippen LogP contribution in [-0.2, 0) is 0 Å². The van der Waals surface area contributed by atoms with Crippen LogP contribution in [0, 0.1) is 5.92 Å². The smallest absolute Gasteiger partial charge is 0.280 e. The van der Waals surface area contributed by atoms with Crippen LogP contribution < -0.4 is 10.2 Å². The molecule has 1 atom stereocenters. The van der Waals surface area contributed by atoms with Crippen molar-refractivity contribution >= 4 is 17.6 Å². The van der Waals surface area contributed by atoms with Crippen molar-refractivity contribution in [3.8, 4) is 5.88 Å². The van der Waals surface area contributed by atoms with E-state index in [0.29, 0.717) is 36.9 Å². The number of methoxy groups -OCH3 is 1. The van der Waals surface area contributed by atoms with Gasteiger partial charge in [0.25, 0.3) is 12.3 Å².